The molecule has 1 aromatic heterocycles. The van der Waals surface area contributed by atoms with Crippen LogP contribution < -0.4 is 5.32 Å². The van der Waals surface area contributed by atoms with Crippen LogP contribution in [0.3, 0.4) is 0 Å². The predicted octanol–water partition coefficient (Wildman–Crippen LogP) is 1.50. The number of ether oxygens (including phenoxy) is 1. The first-order valence-electron chi connectivity index (χ1n) is 8.24. The highest BCUT2D eigenvalue weighted by Gasteiger charge is 2.18. The molecule has 1 fully saturated rings. The smallest absolute Gasteiger partial charge is 0.254 e. The van der Waals surface area contributed by atoms with Gasteiger partial charge in [-0.15, -0.1) is 10.2 Å². The van der Waals surface area contributed by atoms with Gasteiger partial charge in [-0.1, -0.05) is 18.3 Å². The fourth-order valence-corrected chi connectivity index (χ4v) is 3.20. The lowest BCUT2D eigenvalue weighted by atomic mass is 10.1. The summed E-state index contributed by atoms with van der Waals surface area (Å²) in [5, 5.41) is 12.6. The minimum absolute atomic E-state index is 0.0313. The van der Waals surface area contributed by atoms with Crippen molar-refractivity contribution in [1.82, 2.24) is 20.4 Å². The Morgan fingerprint density at radius 1 is 1.12 bits per heavy atom. The molecule has 0 atom stereocenters. The molecule has 132 valence electrons. The van der Waals surface area contributed by atoms with E-state index in [9.17, 15) is 9.59 Å². The summed E-state index contributed by atoms with van der Waals surface area (Å²) >= 11 is 1.49. The van der Waals surface area contributed by atoms with Gasteiger partial charge in [0.2, 0.25) is 0 Å². The van der Waals surface area contributed by atoms with E-state index in [-0.39, 0.29) is 11.8 Å². The summed E-state index contributed by atoms with van der Waals surface area (Å²) in [4.78, 5) is 26.4. The molecule has 1 saturated heterocycles. The van der Waals surface area contributed by atoms with Crippen molar-refractivity contribution >= 4 is 23.2 Å². The average Bonchev–Trinajstić information content (AvgIpc) is 3.14. The summed E-state index contributed by atoms with van der Waals surface area (Å²) in [6.45, 7) is 4.70. The van der Waals surface area contributed by atoms with Gasteiger partial charge in [0, 0.05) is 24.2 Å². The van der Waals surface area contributed by atoms with Crippen molar-refractivity contribution in [2.45, 2.75) is 19.9 Å². The van der Waals surface area contributed by atoms with Crippen LogP contribution in [0.2, 0.25) is 0 Å². The number of hydrogen-bond donors (Lipinski definition) is 1. The molecule has 2 heterocycles. The molecule has 0 saturated carbocycles. The Kier molecular flexibility index (Phi) is 5.72. The lowest BCUT2D eigenvalue weighted by Gasteiger charge is -2.26. The van der Waals surface area contributed by atoms with E-state index in [2.05, 4.69) is 15.5 Å². The second kappa shape index (κ2) is 8.17. The number of amides is 2. The molecule has 7 nitrogen and oxygen atoms in total. The number of hydrogen-bond acceptors (Lipinski definition) is 6. The van der Waals surface area contributed by atoms with Crippen LogP contribution in [0.4, 0.5) is 0 Å². The van der Waals surface area contributed by atoms with Gasteiger partial charge in [-0.25, -0.2) is 0 Å². The van der Waals surface area contributed by atoms with Crippen LogP contribution in [0.1, 0.15) is 37.7 Å². The number of rotatable bonds is 5. The zero-order chi connectivity index (χ0) is 17.6. The summed E-state index contributed by atoms with van der Waals surface area (Å²) in [6.07, 6.45) is 0.838. The van der Waals surface area contributed by atoms with Crippen LogP contribution in [0, 0.1) is 0 Å². The molecule has 1 aliphatic heterocycles. The largest absolute Gasteiger partial charge is 0.378 e. The van der Waals surface area contributed by atoms with E-state index >= 15 is 0 Å². The Labute approximate surface area is 150 Å². The standard InChI is InChI=1S/C17H20N4O3S/c1-2-14-19-20-15(25-14)11-18-16(22)12-3-5-13(6-4-12)17(23)21-7-9-24-10-8-21/h3-6H,2,7-11H2,1H3,(H,18,22). The van der Waals surface area contributed by atoms with Gasteiger partial charge in [-0.2, -0.15) is 0 Å². The maximum Gasteiger partial charge on any atom is 0.254 e. The maximum atomic E-state index is 12.4. The predicted molar refractivity (Wildman–Crippen MR) is 93.6 cm³/mol. The quantitative estimate of drug-likeness (QED) is 0.874. The molecule has 3 rings (SSSR count). The normalized spacial score (nSPS) is 14.4. The van der Waals surface area contributed by atoms with E-state index in [1.807, 2.05) is 6.92 Å². The van der Waals surface area contributed by atoms with Gasteiger partial charge in [0.25, 0.3) is 11.8 Å². The second-order valence-corrected chi connectivity index (χ2v) is 6.75. The van der Waals surface area contributed by atoms with Gasteiger partial charge in [-0.3, -0.25) is 9.59 Å². The highest BCUT2D eigenvalue weighted by Crippen LogP contribution is 2.12. The van der Waals surface area contributed by atoms with Crippen molar-refractivity contribution in [1.29, 1.82) is 0 Å². The first-order chi connectivity index (χ1) is 12.2. The van der Waals surface area contributed by atoms with E-state index in [4.69, 9.17) is 4.74 Å². The van der Waals surface area contributed by atoms with Crippen LogP contribution >= 0.6 is 11.3 Å². The third-order valence-corrected chi connectivity index (χ3v) is 4.97. The highest BCUT2D eigenvalue weighted by atomic mass is 32.1. The van der Waals surface area contributed by atoms with Crippen molar-refractivity contribution in [2.24, 2.45) is 0 Å². The number of morpholine rings is 1. The van der Waals surface area contributed by atoms with Crippen molar-refractivity contribution in [3.05, 3.63) is 45.4 Å². The monoisotopic (exact) mass is 360 g/mol. The minimum Gasteiger partial charge on any atom is -0.378 e. The van der Waals surface area contributed by atoms with Gasteiger partial charge >= 0.3 is 0 Å². The van der Waals surface area contributed by atoms with Crippen LogP contribution in [-0.4, -0.2) is 53.2 Å². The highest BCUT2D eigenvalue weighted by molar-refractivity contribution is 7.11. The molecule has 0 spiro atoms. The zero-order valence-corrected chi connectivity index (χ0v) is 14.8. The van der Waals surface area contributed by atoms with Gasteiger partial charge in [0.15, 0.2) is 0 Å². The summed E-state index contributed by atoms with van der Waals surface area (Å²) in [5.74, 6) is -0.227. The molecule has 0 unspecified atom stereocenters. The molecule has 2 amide bonds. The molecule has 0 aliphatic carbocycles. The molecule has 1 aromatic carbocycles. The molecular weight excluding hydrogens is 340 g/mol. The van der Waals surface area contributed by atoms with Gasteiger partial charge in [0.05, 0.1) is 19.8 Å². The third kappa shape index (κ3) is 4.40. The average molecular weight is 360 g/mol. The summed E-state index contributed by atoms with van der Waals surface area (Å²) in [5.41, 5.74) is 1.09. The number of aromatic nitrogens is 2. The number of nitrogens with zero attached hydrogens (tertiary/aromatic N) is 3. The van der Waals surface area contributed by atoms with Crippen LogP contribution in [-0.2, 0) is 17.7 Å². The number of aryl methyl sites for hydroxylation is 1. The number of carbonyl (C=O) groups is 2. The minimum atomic E-state index is -0.196. The second-order valence-electron chi connectivity index (χ2n) is 5.61. The summed E-state index contributed by atoms with van der Waals surface area (Å²) in [7, 11) is 0. The third-order valence-electron chi connectivity index (χ3n) is 3.90. The molecular formula is C17H20N4O3S. The van der Waals surface area contributed by atoms with E-state index in [0.717, 1.165) is 16.4 Å². The van der Waals surface area contributed by atoms with Crippen LogP contribution in [0.15, 0.2) is 24.3 Å². The van der Waals surface area contributed by atoms with Crippen molar-refractivity contribution in [2.75, 3.05) is 26.3 Å². The Morgan fingerprint density at radius 2 is 1.76 bits per heavy atom. The maximum absolute atomic E-state index is 12.4. The Balaban J connectivity index is 1.57. The molecule has 2 aromatic rings. The number of carbonyl (C=O) groups excluding carboxylic acids is 2. The summed E-state index contributed by atoms with van der Waals surface area (Å²) < 4.78 is 5.25. The lowest BCUT2D eigenvalue weighted by Crippen LogP contribution is -2.40. The zero-order valence-electron chi connectivity index (χ0n) is 14.0. The topological polar surface area (TPSA) is 84.4 Å². The van der Waals surface area contributed by atoms with E-state index in [1.165, 1.54) is 11.3 Å². The van der Waals surface area contributed by atoms with Gasteiger partial charge in [0.1, 0.15) is 10.0 Å². The molecule has 8 heteroatoms. The lowest BCUT2D eigenvalue weighted by molar-refractivity contribution is 0.0303. The molecule has 1 N–H and O–H groups in total. The fourth-order valence-electron chi connectivity index (χ4n) is 2.47. The van der Waals surface area contributed by atoms with Gasteiger partial charge in [-0.05, 0) is 30.7 Å². The fraction of sp³-hybridized carbons (Fsp3) is 0.412. The Morgan fingerprint density at radius 3 is 2.40 bits per heavy atom. The molecule has 0 radical (unpaired) electrons. The van der Waals surface area contributed by atoms with E-state index in [1.54, 1.807) is 29.2 Å². The van der Waals surface area contributed by atoms with E-state index < -0.39 is 0 Å². The molecule has 25 heavy (non-hydrogen) atoms. The number of benzene rings is 1. The van der Waals surface area contributed by atoms with Crippen LogP contribution in [0.25, 0.3) is 0 Å². The summed E-state index contributed by atoms with van der Waals surface area (Å²) in [6, 6.07) is 6.71. The first kappa shape index (κ1) is 17.5. The van der Waals surface area contributed by atoms with Crippen molar-refractivity contribution in [3.63, 3.8) is 0 Å². The van der Waals surface area contributed by atoms with Crippen molar-refractivity contribution in [3.8, 4) is 0 Å². The van der Waals surface area contributed by atoms with Crippen LogP contribution in [0.5, 0.6) is 0 Å². The number of nitrogens with one attached hydrogen (secondary N) is 1. The van der Waals surface area contributed by atoms with E-state index in [0.29, 0.717) is 44.0 Å². The first-order valence-corrected chi connectivity index (χ1v) is 9.05. The molecule has 1 aliphatic rings. The SMILES string of the molecule is CCc1nnc(CNC(=O)c2ccc(C(=O)N3CCOCC3)cc2)s1. The molecule has 0 bridgehead atoms. The Bertz CT molecular complexity index is 739. The van der Waals surface area contributed by atoms with Crippen molar-refractivity contribution < 1.29 is 14.3 Å². The Hall–Kier alpha value is -2.32. The van der Waals surface area contributed by atoms with Gasteiger partial charge < -0.3 is 15.0 Å².